The molecule has 5 nitrogen and oxygen atoms in total. The summed E-state index contributed by atoms with van der Waals surface area (Å²) in [5.74, 6) is 0.706. The van der Waals surface area contributed by atoms with Crippen molar-refractivity contribution in [1.82, 2.24) is 14.9 Å². The third-order valence-corrected chi connectivity index (χ3v) is 3.13. The van der Waals surface area contributed by atoms with E-state index >= 15 is 0 Å². The molecule has 0 aliphatic carbocycles. The Bertz CT molecular complexity index is 428. The van der Waals surface area contributed by atoms with E-state index in [-0.39, 0.29) is 17.4 Å². The van der Waals surface area contributed by atoms with Gasteiger partial charge in [-0.1, -0.05) is 20.8 Å². The molecule has 1 unspecified atom stereocenters. The van der Waals surface area contributed by atoms with Gasteiger partial charge in [0.25, 0.3) is 0 Å². The van der Waals surface area contributed by atoms with Crippen LogP contribution in [0.1, 0.15) is 33.6 Å². The first-order valence-corrected chi connectivity index (χ1v) is 6.69. The summed E-state index contributed by atoms with van der Waals surface area (Å²) < 4.78 is 5.78. The average Bonchev–Trinajstić information content (AvgIpc) is 2.38. The second-order valence-corrected chi connectivity index (χ2v) is 5.93. The number of aromatic nitrogens is 2. The lowest BCUT2D eigenvalue weighted by atomic mass is 9.93. The molecule has 1 saturated heterocycles. The molecule has 0 N–H and O–H groups in total. The molecule has 0 bridgehead atoms. The van der Waals surface area contributed by atoms with Gasteiger partial charge in [-0.15, -0.1) is 0 Å². The van der Waals surface area contributed by atoms with E-state index in [9.17, 15) is 4.79 Å². The van der Waals surface area contributed by atoms with Crippen LogP contribution in [-0.4, -0.2) is 40.0 Å². The molecular weight excluding hydrogens is 242 g/mol. The highest BCUT2D eigenvalue weighted by atomic mass is 16.5. The van der Waals surface area contributed by atoms with Crippen molar-refractivity contribution in [3.8, 4) is 5.88 Å². The van der Waals surface area contributed by atoms with E-state index in [4.69, 9.17) is 4.74 Å². The number of rotatable bonds is 2. The largest absolute Gasteiger partial charge is 0.471 e. The van der Waals surface area contributed by atoms with Crippen molar-refractivity contribution in [2.24, 2.45) is 5.41 Å². The zero-order chi connectivity index (χ0) is 13.9. The third-order valence-electron chi connectivity index (χ3n) is 3.13. The van der Waals surface area contributed by atoms with E-state index < -0.39 is 0 Å². The fourth-order valence-corrected chi connectivity index (χ4v) is 2.21. The standard InChI is InChI=1S/C14H21N3O2/c1-14(2,3)13(18)17-8-4-5-11(10-17)19-12-9-15-6-7-16-12/h6-7,9,11H,4-5,8,10H2,1-3H3. The molecule has 1 aliphatic heterocycles. The number of likely N-dealkylation sites (tertiary alicyclic amines) is 1. The van der Waals surface area contributed by atoms with Gasteiger partial charge in [-0.05, 0) is 12.8 Å². The summed E-state index contributed by atoms with van der Waals surface area (Å²) in [7, 11) is 0. The summed E-state index contributed by atoms with van der Waals surface area (Å²) >= 11 is 0. The number of hydrogen-bond donors (Lipinski definition) is 0. The molecule has 1 fully saturated rings. The molecule has 104 valence electrons. The molecule has 1 aromatic heterocycles. The van der Waals surface area contributed by atoms with Crippen molar-refractivity contribution < 1.29 is 9.53 Å². The summed E-state index contributed by atoms with van der Waals surface area (Å²) in [4.78, 5) is 22.2. The van der Waals surface area contributed by atoms with Gasteiger partial charge in [-0.2, -0.15) is 0 Å². The lowest BCUT2D eigenvalue weighted by molar-refractivity contribution is -0.142. The lowest BCUT2D eigenvalue weighted by Crippen LogP contribution is -2.48. The average molecular weight is 263 g/mol. The van der Waals surface area contributed by atoms with Crippen molar-refractivity contribution in [2.75, 3.05) is 13.1 Å². The van der Waals surface area contributed by atoms with Crippen LogP contribution < -0.4 is 4.74 Å². The predicted octanol–water partition coefficient (Wildman–Crippen LogP) is 1.89. The van der Waals surface area contributed by atoms with E-state index in [1.54, 1.807) is 18.6 Å². The number of nitrogens with zero attached hydrogens (tertiary/aromatic N) is 3. The maximum atomic E-state index is 12.3. The Hall–Kier alpha value is -1.65. The number of hydrogen-bond acceptors (Lipinski definition) is 4. The fourth-order valence-electron chi connectivity index (χ4n) is 2.21. The highest BCUT2D eigenvalue weighted by molar-refractivity contribution is 5.81. The van der Waals surface area contributed by atoms with E-state index in [1.165, 1.54) is 0 Å². The molecular formula is C14H21N3O2. The van der Waals surface area contributed by atoms with E-state index in [0.29, 0.717) is 12.4 Å². The molecule has 1 aliphatic rings. The topological polar surface area (TPSA) is 55.3 Å². The molecule has 0 saturated carbocycles. The summed E-state index contributed by atoms with van der Waals surface area (Å²) in [5, 5.41) is 0. The Labute approximate surface area is 114 Å². The molecule has 0 aromatic carbocycles. The molecule has 0 radical (unpaired) electrons. The van der Waals surface area contributed by atoms with Gasteiger partial charge in [0.1, 0.15) is 6.10 Å². The Morgan fingerprint density at radius 2 is 2.21 bits per heavy atom. The van der Waals surface area contributed by atoms with Gasteiger partial charge in [0, 0.05) is 24.4 Å². The summed E-state index contributed by atoms with van der Waals surface area (Å²) in [5.41, 5.74) is -0.339. The van der Waals surface area contributed by atoms with E-state index in [0.717, 1.165) is 19.4 Å². The molecule has 0 spiro atoms. The quantitative estimate of drug-likeness (QED) is 0.817. The molecule has 1 aromatic rings. The van der Waals surface area contributed by atoms with Gasteiger partial charge in [-0.25, -0.2) is 4.98 Å². The van der Waals surface area contributed by atoms with E-state index in [1.807, 2.05) is 25.7 Å². The number of carbonyl (C=O) groups is 1. The number of piperidine rings is 1. The number of ether oxygens (including phenoxy) is 1. The van der Waals surface area contributed by atoms with Crippen LogP contribution in [-0.2, 0) is 4.79 Å². The highest BCUT2D eigenvalue weighted by Crippen LogP contribution is 2.22. The van der Waals surface area contributed by atoms with Crippen LogP contribution in [0, 0.1) is 5.41 Å². The van der Waals surface area contributed by atoms with Crippen molar-refractivity contribution >= 4 is 5.91 Å². The maximum Gasteiger partial charge on any atom is 0.232 e. The second-order valence-electron chi connectivity index (χ2n) is 5.93. The van der Waals surface area contributed by atoms with Crippen LogP contribution >= 0.6 is 0 Å². The Balaban J connectivity index is 1.96. The number of carbonyl (C=O) groups excluding carboxylic acids is 1. The van der Waals surface area contributed by atoms with Crippen molar-refractivity contribution in [1.29, 1.82) is 0 Å². The minimum absolute atomic E-state index is 0.0109. The first kappa shape index (κ1) is 13.8. The normalized spacial score (nSPS) is 20.2. The van der Waals surface area contributed by atoms with Crippen molar-refractivity contribution in [3.05, 3.63) is 18.6 Å². The van der Waals surface area contributed by atoms with Gasteiger partial charge in [-0.3, -0.25) is 9.78 Å². The van der Waals surface area contributed by atoms with Gasteiger partial charge in [0.15, 0.2) is 0 Å². The number of amides is 1. The molecule has 2 heterocycles. The monoisotopic (exact) mass is 263 g/mol. The Kier molecular flexibility index (Phi) is 4.02. The SMILES string of the molecule is CC(C)(C)C(=O)N1CCCC(Oc2cnccn2)C1. The lowest BCUT2D eigenvalue weighted by Gasteiger charge is -2.36. The van der Waals surface area contributed by atoms with Crippen molar-refractivity contribution in [3.63, 3.8) is 0 Å². The molecule has 5 heteroatoms. The zero-order valence-electron chi connectivity index (χ0n) is 11.8. The van der Waals surface area contributed by atoms with Gasteiger partial charge >= 0.3 is 0 Å². The summed E-state index contributed by atoms with van der Waals surface area (Å²) in [6.07, 6.45) is 6.75. The van der Waals surface area contributed by atoms with Gasteiger partial charge in [0.2, 0.25) is 11.8 Å². The van der Waals surface area contributed by atoms with Crippen molar-refractivity contribution in [2.45, 2.75) is 39.7 Å². The zero-order valence-corrected chi connectivity index (χ0v) is 11.8. The molecule has 1 amide bonds. The van der Waals surface area contributed by atoms with Gasteiger partial charge < -0.3 is 9.64 Å². The van der Waals surface area contributed by atoms with Crippen LogP contribution in [0.15, 0.2) is 18.6 Å². The van der Waals surface area contributed by atoms with Crippen LogP contribution in [0.2, 0.25) is 0 Å². The minimum Gasteiger partial charge on any atom is -0.471 e. The van der Waals surface area contributed by atoms with Crippen LogP contribution in [0.5, 0.6) is 5.88 Å². The fraction of sp³-hybridized carbons (Fsp3) is 0.643. The van der Waals surface area contributed by atoms with Crippen LogP contribution in [0.4, 0.5) is 0 Å². The van der Waals surface area contributed by atoms with Gasteiger partial charge in [0.05, 0.1) is 12.7 Å². The Morgan fingerprint density at radius 3 is 2.84 bits per heavy atom. The first-order chi connectivity index (χ1) is 8.97. The summed E-state index contributed by atoms with van der Waals surface area (Å²) in [6, 6.07) is 0. The smallest absolute Gasteiger partial charge is 0.232 e. The van der Waals surface area contributed by atoms with E-state index in [2.05, 4.69) is 9.97 Å². The Morgan fingerprint density at radius 1 is 1.42 bits per heavy atom. The molecule has 19 heavy (non-hydrogen) atoms. The first-order valence-electron chi connectivity index (χ1n) is 6.69. The van der Waals surface area contributed by atoms with Crippen LogP contribution in [0.3, 0.4) is 0 Å². The predicted molar refractivity (Wildman–Crippen MR) is 71.7 cm³/mol. The highest BCUT2D eigenvalue weighted by Gasteiger charge is 2.31. The maximum absolute atomic E-state index is 12.3. The van der Waals surface area contributed by atoms with Crippen LogP contribution in [0.25, 0.3) is 0 Å². The molecule has 1 atom stereocenters. The molecule has 2 rings (SSSR count). The minimum atomic E-state index is -0.339. The third kappa shape index (κ3) is 3.66. The summed E-state index contributed by atoms with van der Waals surface area (Å²) in [6.45, 7) is 7.29. The second kappa shape index (κ2) is 5.55.